The monoisotopic (exact) mass is 450 g/mol. The van der Waals surface area contributed by atoms with Gasteiger partial charge in [0, 0.05) is 0 Å². The Morgan fingerprint density at radius 3 is 1.68 bits per heavy atom. The molecule has 0 heterocycles. The van der Waals surface area contributed by atoms with Crippen molar-refractivity contribution in [2.75, 3.05) is 0 Å². The summed E-state index contributed by atoms with van der Waals surface area (Å²) in [5.74, 6) is 0. The Balaban J connectivity index is -0.00000121. The number of rotatable bonds is 2. The molecule has 0 saturated heterocycles. The molecule has 1 aromatic carbocycles. The van der Waals surface area contributed by atoms with Gasteiger partial charge in [0.25, 0.3) is 0 Å². The first-order valence-corrected chi connectivity index (χ1v) is 10.4. The first-order chi connectivity index (χ1) is 9.55. The van der Waals surface area contributed by atoms with E-state index in [9.17, 15) is 0 Å². The van der Waals surface area contributed by atoms with Crippen LogP contribution in [0.2, 0.25) is 16.6 Å². The van der Waals surface area contributed by atoms with Gasteiger partial charge in [-0.25, -0.2) is 5.57 Å². The van der Waals surface area contributed by atoms with Crippen LogP contribution in [0.4, 0.5) is 0 Å². The van der Waals surface area contributed by atoms with E-state index < -0.39 is 8.07 Å². The predicted octanol–water partition coefficient (Wildman–Crippen LogP) is -3.36. The summed E-state index contributed by atoms with van der Waals surface area (Å²) in [6.45, 7) is 19.0. The van der Waals surface area contributed by atoms with E-state index in [4.69, 9.17) is 0 Å². The zero-order chi connectivity index (χ0) is 16.1. The fraction of sp³-hybridized carbons (Fsp3) is 0.500. The van der Waals surface area contributed by atoms with Crippen LogP contribution in [0.25, 0.3) is 0 Å². The molecule has 1 aliphatic rings. The zero-order valence-electron chi connectivity index (χ0n) is 16.5. The van der Waals surface area contributed by atoms with Crippen molar-refractivity contribution in [2.45, 2.75) is 65.1 Å². The Labute approximate surface area is 189 Å². The van der Waals surface area contributed by atoms with E-state index in [0.29, 0.717) is 0 Å². The summed E-state index contributed by atoms with van der Waals surface area (Å²) in [5, 5.41) is 1.87. The molecule has 0 N–H and O–H groups in total. The maximum absolute atomic E-state index is 3.88. The van der Waals surface area contributed by atoms with Gasteiger partial charge in [0.05, 0.1) is 8.07 Å². The van der Waals surface area contributed by atoms with Gasteiger partial charge in [-0.1, -0.05) is 88.6 Å². The summed E-state index contributed by atoms with van der Waals surface area (Å²) >= 11 is 0. The van der Waals surface area contributed by atoms with Gasteiger partial charge in [-0.2, -0.15) is 11.1 Å². The van der Waals surface area contributed by atoms with E-state index in [2.05, 4.69) is 91.4 Å². The summed E-state index contributed by atoms with van der Waals surface area (Å²) in [6.07, 6.45) is 3.88. The minimum absolute atomic E-state index is 0. The number of hydrogen-bond donors (Lipinski definition) is 0. The molecule has 2 rings (SSSR count). The maximum Gasteiger partial charge on any atom is 4.00 e. The van der Waals surface area contributed by atoms with Crippen molar-refractivity contribution in [3.63, 3.8) is 0 Å². The van der Waals surface area contributed by atoms with Crippen LogP contribution < -0.4 is 42.4 Å². The minimum Gasteiger partial charge on any atom is -1.00 e. The minimum atomic E-state index is -1.85. The Morgan fingerprint density at radius 1 is 0.920 bits per heavy atom. The fourth-order valence-corrected chi connectivity index (χ4v) is 9.14. The molecule has 0 aliphatic heterocycles. The van der Waals surface area contributed by atoms with Crippen LogP contribution >= 0.6 is 0 Å². The average Bonchev–Trinajstić information content (AvgIpc) is 2.62. The van der Waals surface area contributed by atoms with Gasteiger partial charge < -0.3 is 37.2 Å². The van der Waals surface area contributed by atoms with Crippen LogP contribution in [0.3, 0.4) is 0 Å². The number of hydrogen-bond acceptors (Lipinski definition) is 0. The van der Waals surface area contributed by atoms with Gasteiger partial charge in [-0.15, -0.1) is 6.92 Å². The molecule has 0 saturated carbocycles. The molecule has 1 aliphatic carbocycles. The van der Waals surface area contributed by atoms with Gasteiger partial charge >= 0.3 is 21.7 Å². The topological polar surface area (TPSA) is 0 Å². The predicted molar refractivity (Wildman–Crippen MR) is 96.6 cm³/mol. The van der Waals surface area contributed by atoms with E-state index in [1.54, 1.807) is 0 Å². The normalized spacial score (nSPS) is 21.7. The second-order valence-electron chi connectivity index (χ2n) is 7.87. The molecule has 2 unspecified atom stereocenters. The van der Waals surface area contributed by atoms with Crippen LogP contribution in [0, 0.1) is 6.08 Å². The van der Waals surface area contributed by atoms with Gasteiger partial charge in [0.15, 0.2) is 0 Å². The molecule has 138 valence electrons. The van der Waals surface area contributed by atoms with Crippen LogP contribution in [0.1, 0.15) is 48.5 Å². The summed E-state index contributed by atoms with van der Waals surface area (Å²) in [5.41, 5.74) is 4.30. The standard InChI is InChI=1S/C20H29Si.3ClH.Ti/c1-15-14-20(7,17(3)16(15)2)21(8,19(4,5)6)18-12-10-9-11-13-18;;;;/h9-13H,1-8H3;3*1H;/q-1;;;;+4/p-3. The van der Waals surface area contributed by atoms with Gasteiger partial charge in [-0.3, -0.25) is 6.08 Å². The Kier molecular flexibility index (Phi) is 12.3. The first kappa shape index (κ1) is 30.2. The molecule has 2 atom stereocenters. The fourth-order valence-electron chi connectivity index (χ4n) is 3.96. The molecule has 0 aromatic heterocycles. The number of benzene rings is 1. The van der Waals surface area contributed by atoms with E-state index in [1.165, 1.54) is 21.9 Å². The van der Waals surface area contributed by atoms with Gasteiger partial charge in [0.1, 0.15) is 0 Å². The van der Waals surface area contributed by atoms with Crippen molar-refractivity contribution in [1.29, 1.82) is 0 Å². The van der Waals surface area contributed by atoms with E-state index in [-0.39, 0.29) is 69.0 Å². The molecule has 0 amide bonds. The van der Waals surface area contributed by atoms with Crippen LogP contribution in [0.15, 0.2) is 47.1 Å². The van der Waals surface area contributed by atoms with Crippen molar-refractivity contribution in [3.8, 4) is 0 Å². The Hall–Kier alpha value is 0.501. The molecule has 0 bridgehead atoms. The molecular weight excluding hydrogens is 423 g/mol. The Morgan fingerprint density at radius 2 is 1.36 bits per heavy atom. The van der Waals surface area contributed by atoms with Crippen molar-refractivity contribution in [2.24, 2.45) is 0 Å². The zero-order valence-corrected chi connectivity index (χ0v) is 21.3. The Bertz CT molecular complexity index is 620. The summed E-state index contributed by atoms with van der Waals surface area (Å²) in [6, 6.07) is 11.2. The maximum atomic E-state index is 3.88. The number of halogens is 3. The van der Waals surface area contributed by atoms with Gasteiger partial charge in [0.2, 0.25) is 0 Å². The van der Waals surface area contributed by atoms with E-state index >= 15 is 0 Å². The van der Waals surface area contributed by atoms with Crippen LogP contribution in [0.5, 0.6) is 0 Å². The van der Waals surface area contributed by atoms with Crippen molar-refractivity contribution in [1.82, 2.24) is 0 Å². The number of allylic oxidation sites excluding steroid dienone is 4. The molecule has 0 nitrogen and oxygen atoms in total. The SMILES string of the molecule is CC1=[C-]C(C)([Si](C)(c2ccccc2)C(C)(C)C)C(C)=C1C.[Cl-].[Cl-].[Cl-].[Ti+4]. The first-order valence-electron chi connectivity index (χ1n) is 7.91. The molecule has 0 spiro atoms. The molecule has 5 heteroatoms. The smallest absolute Gasteiger partial charge is 1.00 e. The summed E-state index contributed by atoms with van der Waals surface area (Å²) < 4.78 is 0. The van der Waals surface area contributed by atoms with E-state index in [0.717, 1.165) is 0 Å². The molecule has 0 radical (unpaired) electrons. The van der Waals surface area contributed by atoms with Crippen molar-refractivity contribution >= 4 is 13.3 Å². The molecule has 0 fully saturated rings. The second-order valence-corrected chi connectivity index (χ2v) is 13.2. The average molecular weight is 452 g/mol. The van der Waals surface area contributed by atoms with Crippen molar-refractivity contribution in [3.05, 3.63) is 53.1 Å². The second kappa shape index (κ2) is 10.2. The molecule has 1 aromatic rings. The van der Waals surface area contributed by atoms with Crippen LogP contribution in [-0.4, -0.2) is 8.07 Å². The molecular formula is C20H29Cl3SiTi. The van der Waals surface area contributed by atoms with Crippen LogP contribution in [-0.2, 0) is 21.7 Å². The molecule has 25 heavy (non-hydrogen) atoms. The summed E-state index contributed by atoms with van der Waals surface area (Å²) in [4.78, 5) is 0. The third-order valence-electron chi connectivity index (χ3n) is 6.16. The largest absolute Gasteiger partial charge is 4.00 e. The summed E-state index contributed by atoms with van der Waals surface area (Å²) in [7, 11) is -1.85. The van der Waals surface area contributed by atoms with Gasteiger partial charge in [-0.05, 0) is 5.04 Å². The van der Waals surface area contributed by atoms with Crippen molar-refractivity contribution < 1.29 is 58.9 Å². The third-order valence-corrected chi connectivity index (χ3v) is 13.2. The quantitative estimate of drug-likeness (QED) is 0.326. The third kappa shape index (κ3) is 4.68. The van der Waals surface area contributed by atoms with E-state index in [1.807, 2.05) is 0 Å².